The van der Waals surface area contributed by atoms with Crippen LogP contribution in [0.15, 0.2) is 0 Å². The number of carbonyl (C=O) groups is 2. The fraction of sp³-hybridized carbons (Fsp3) is 0.846. The molecule has 0 heterocycles. The van der Waals surface area contributed by atoms with Crippen molar-refractivity contribution < 1.29 is 14.7 Å². The van der Waals surface area contributed by atoms with Gasteiger partial charge in [0.25, 0.3) is 0 Å². The van der Waals surface area contributed by atoms with Gasteiger partial charge in [0, 0.05) is 12.6 Å². The van der Waals surface area contributed by atoms with Crippen LogP contribution in [-0.4, -0.2) is 41.1 Å². The van der Waals surface area contributed by atoms with E-state index in [1.165, 1.54) is 24.2 Å². The van der Waals surface area contributed by atoms with Crippen LogP contribution in [0.4, 0.5) is 4.79 Å². The van der Waals surface area contributed by atoms with Gasteiger partial charge in [0.1, 0.15) is 6.54 Å². The van der Waals surface area contributed by atoms with Crippen LogP contribution in [-0.2, 0) is 4.79 Å². The van der Waals surface area contributed by atoms with Crippen molar-refractivity contribution in [1.29, 1.82) is 0 Å². The van der Waals surface area contributed by atoms with E-state index >= 15 is 0 Å². The second-order valence-electron chi connectivity index (χ2n) is 5.72. The summed E-state index contributed by atoms with van der Waals surface area (Å²) < 4.78 is 0. The zero-order chi connectivity index (χ0) is 13.1. The predicted molar refractivity (Wildman–Crippen MR) is 67.3 cm³/mol. The number of carboxylic acids is 1. The van der Waals surface area contributed by atoms with Gasteiger partial charge < -0.3 is 15.3 Å². The molecule has 0 aromatic heterocycles. The number of carbonyl (C=O) groups excluding carboxylic acids is 1. The van der Waals surface area contributed by atoms with Crippen molar-refractivity contribution in [3.8, 4) is 0 Å². The zero-order valence-corrected chi connectivity index (χ0v) is 10.9. The lowest BCUT2D eigenvalue weighted by Gasteiger charge is -2.22. The summed E-state index contributed by atoms with van der Waals surface area (Å²) in [4.78, 5) is 24.1. The highest BCUT2D eigenvalue weighted by Gasteiger charge is 2.34. The molecule has 2 fully saturated rings. The number of hydrogen-bond donors (Lipinski definition) is 2. The number of hydrogen-bond acceptors (Lipinski definition) is 2. The number of amides is 2. The van der Waals surface area contributed by atoms with Crippen molar-refractivity contribution >= 4 is 12.0 Å². The van der Waals surface area contributed by atoms with E-state index in [1.807, 2.05) is 0 Å². The van der Waals surface area contributed by atoms with Gasteiger partial charge in [-0.25, -0.2) is 4.79 Å². The van der Waals surface area contributed by atoms with Gasteiger partial charge in [-0.1, -0.05) is 13.3 Å². The van der Waals surface area contributed by atoms with Gasteiger partial charge in [-0.2, -0.15) is 0 Å². The molecule has 2 unspecified atom stereocenters. The van der Waals surface area contributed by atoms with E-state index in [-0.39, 0.29) is 18.6 Å². The highest BCUT2D eigenvalue weighted by Crippen LogP contribution is 2.30. The maximum absolute atomic E-state index is 11.9. The first-order valence-corrected chi connectivity index (χ1v) is 6.82. The molecule has 0 spiro atoms. The van der Waals surface area contributed by atoms with Crippen molar-refractivity contribution in [2.45, 2.75) is 45.1 Å². The van der Waals surface area contributed by atoms with Crippen LogP contribution in [0.1, 0.15) is 39.0 Å². The Kier molecular flexibility index (Phi) is 4.09. The monoisotopic (exact) mass is 254 g/mol. The van der Waals surface area contributed by atoms with Gasteiger partial charge in [-0.3, -0.25) is 4.79 Å². The summed E-state index contributed by atoms with van der Waals surface area (Å²) in [7, 11) is 0. The molecule has 0 aromatic rings. The molecular weight excluding hydrogens is 232 g/mol. The summed E-state index contributed by atoms with van der Waals surface area (Å²) in [6.07, 6.45) is 5.44. The molecule has 18 heavy (non-hydrogen) atoms. The molecule has 5 heteroatoms. The van der Waals surface area contributed by atoms with Gasteiger partial charge in [0.15, 0.2) is 0 Å². The molecule has 0 aliphatic heterocycles. The smallest absolute Gasteiger partial charge is 0.323 e. The molecule has 2 amide bonds. The number of carboxylic acid groups (broad SMARTS) is 1. The molecule has 2 aliphatic carbocycles. The second-order valence-corrected chi connectivity index (χ2v) is 5.72. The average Bonchev–Trinajstić information content (AvgIpc) is 3.06. The van der Waals surface area contributed by atoms with E-state index < -0.39 is 5.97 Å². The molecule has 0 radical (unpaired) electrons. The Bertz CT molecular complexity index is 328. The van der Waals surface area contributed by atoms with Crippen molar-refractivity contribution in [2.24, 2.45) is 11.8 Å². The molecule has 2 aliphatic rings. The molecule has 2 rings (SSSR count). The minimum atomic E-state index is -0.938. The Morgan fingerprint density at radius 2 is 2.00 bits per heavy atom. The quantitative estimate of drug-likeness (QED) is 0.784. The Labute approximate surface area is 108 Å². The van der Waals surface area contributed by atoms with Gasteiger partial charge in [-0.05, 0) is 37.5 Å². The number of urea groups is 1. The molecule has 2 saturated carbocycles. The van der Waals surface area contributed by atoms with Crippen LogP contribution >= 0.6 is 0 Å². The lowest BCUT2D eigenvalue weighted by atomic mass is 10.1. The van der Waals surface area contributed by atoms with Crippen molar-refractivity contribution in [1.82, 2.24) is 10.2 Å². The van der Waals surface area contributed by atoms with Crippen molar-refractivity contribution in [2.75, 3.05) is 13.1 Å². The first kappa shape index (κ1) is 13.2. The lowest BCUT2D eigenvalue weighted by Crippen LogP contribution is -2.45. The van der Waals surface area contributed by atoms with Gasteiger partial charge in [-0.15, -0.1) is 0 Å². The SMILES string of the molecule is CC1CCC(CNC(=O)N(CC(=O)O)C2CC2)C1. The maximum Gasteiger partial charge on any atom is 0.323 e. The third kappa shape index (κ3) is 3.62. The fourth-order valence-electron chi connectivity index (χ4n) is 2.74. The Balaban J connectivity index is 1.76. The summed E-state index contributed by atoms with van der Waals surface area (Å²) in [6.45, 7) is 2.74. The number of nitrogens with zero attached hydrogens (tertiary/aromatic N) is 1. The normalized spacial score (nSPS) is 26.9. The summed E-state index contributed by atoms with van der Waals surface area (Å²) in [5.74, 6) is 0.381. The Hall–Kier alpha value is -1.26. The third-order valence-corrected chi connectivity index (χ3v) is 3.90. The van der Waals surface area contributed by atoms with E-state index in [4.69, 9.17) is 5.11 Å². The van der Waals surface area contributed by atoms with Gasteiger partial charge in [0.05, 0.1) is 0 Å². The standard InChI is InChI=1S/C13H22N2O3/c1-9-2-3-10(6-9)7-14-13(18)15(8-12(16)17)11-4-5-11/h9-11H,2-8H2,1H3,(H,14,18)(H,16,17). The number of rotatable bonds is 5. The van der Waals surface area contributed by atoms with E-state index in [1.54, 1.807) is 0 Å². The van der Waals surface area contributed by atoms with Crippen LogP contribution in [0.25, 0.3) is 0 Å². The van der Waals surface area contributed by atoms with Crippen LogP contribution in [0.5, 0.6) is 0 Å². The zero-order valence-electron chi connectivity index (χ0n) is 10.9. The summed E-state index contributed by atoms with van der Waals surface area (Å²) in [6, 6.07) is -0.0666. The number of aliphatic carboxylic acids is 1. The van der Waals surface area contributed by atoms with Crippen LogP contribution in [0.3, 0.4) is 0 Å². The topological polar surface area (TPSA) is 69.6 Å². The van der Waals surface area contributed by atoms with Crippen molar-refractivity contribution in [3.05, 3.63) is 0 Å². The van der Waals surface area contributed by atoms with E-state index in [0.29, 0.717) is 12.5 Å². The third-order valence-electron chi connectivity index (χ3n) is 3.90. The summed E-state index contributed by atoms with van der Waals surface area (Å²) in [5, 5.41) is 11.7. The lowest BCUT2D eigenvalue weighted by molar-refractivity contribution is -0.137. The first-order chi connectivity index (χ1) is 8.56. The van der Waals surface area contributed by atoms with E-state index in [0.717, 1.165) is 18.8 Å². The summed E-state index contributed by atoms with van der Waals surface area (Å²) >= 11 is 0. The summed E-state index contributed by atoms with van der Waals surface area (Å²) in [5.41, 5.74) is 0. The highest BCUT2D eigenvalue weighted by atomic mass is 16.4. The molecular formula is C13H22N2O3. The van der Waals surface area contributed by atoms with Crippen LogP contribution in [0, 0.1) is 11.8 Å². The molecule has 0 saturated heterocycles. The first-order valence-electron chi connectivity index (χ1n) is 6.82. The minimum absolute atomic E-state index is 0.142. The predicted octanol–water partition coefficient (Wildman–Crippen LogP) is 1.68. The maximum atomic E-state index is 11.9. The van der Waals surface area contributed by atoms with Crippen molar-refractivity contribution in [3.63, 3.8) is 0 Å². The largest absolute Gasteiger partial charge is 0.480 e. The average molecular weight is 254 g/mol. The van der Waals surface area contributed by atoms with E-state index in [2.05, 4.69) is 12.2 Å². The van der Waals surface area contributed by atoms with Gasteiger partial charge in [0.2, 0.25) is 0 Å². The minimum Gasteiger partial charge on any atom is -0.480 e. The molecule has 0 aromatic carbocycles. The van der Waals surface area contributed by atoms with Gasteiger partial charge >= 0.3 is 12.0 Å². The van der Waals surface area contributed by atoms with Crippen LogP contribution < -0.4 is 5.32 Å². The molecule has 0 bridgehead atoms. The van der Waals surface area contributed by atoms with E-state index in [9.17, 15) is 9.59 Å². The molecule has 2 atom stereocenters. The molecule has 5 nitrogen and oxygen atoms in total. The molecule has 102 valence electrons. The molecule has 2 N–H and O–H groups in total. The Morgan fingerprint density at radius 1 is 1.28 bits per heavy atom. The Morgan fingerprint density at radius 3 is 2.50 bits per heavy atom. The number of nitrogens with one attached hydrogen (secondary N) is 1. The fourth-order valence-corrected chi connectivity index (χ4v) is 2.74. The van der Waals surface area contributed by atoms with Crippen LogP contribution in [0.2, 0.25) is 0 Å². The second kappa shape index (κ2) is 5.59. The highest BCUT2D eigenvalue weighted by molar-refractivity contribution is 5.80.